The van der Waals surface area contributed by atoms with E-state index in [1.165, 1.54) is 0 Å². The predicted molar refractivity (Wildman–Crippen MR) is 152 cm³/mol. The first-order valence-electron chi connectivity index (χ1n) is 13.9. The Morgan fingerprint density at radius 1 is 0.725 bits per heavy atom. The van der Waals surface area contributed by atoms with Gasteiger partial charge in [-0.05, 0) is 44.2 Å². The quantitative estimate of drug-likeness (QED) is 0.0952. The molecule has 0 aliphatic carbocycles. The van der Waals surface area contributed by atoms with E-state index in [9.17, 15) is 14.2 Å². The molecule has 0 heterocycles. The molecule has 0 spiro atoms. The van der Waals surface area contributed by atoms with Gasteiger partial charge in [-0.15, -0.1) is 0 Å². The van der Waals surface area contributed by atoms with Gasteiger partial charge < -0.3 is 28.0 Å². The smallest absolute Gasteiger partial charge is 0.331 e. The Labute approximate surface area is 238 Å². The van der Waals surface area contributed by atoms with Crippen molar-refractivity contribution in [2.75, 3.05) is 45.8 Å². The summed E-state index contributed by atoms with van der Waals surface area (Å²) in [6, 6.07) is 18.6. The SMILES string of the molecule is CCOCCCOP(=O)(CC(CCC(=O)OCc1ccccc1)C(=O)OCc1ccccc1)OCCCOCC. The lowest BCUT2D eigenvalue weighted by Crippen LogP contribution is -2.24. The average molecular weight is 579 g/mol. The highest BCUT2D eigenvalue weighted by Gasteiger charge is 2.34. The highest BCUT2D eigenvalue weighted by atomic mass is 31.2. The van der Waals surface area contributed by atoms with Crippen molar-refractivity contribution in [1.82, 2.24) is 0 Å². The summed E-state index contributed by atoms with van der Waals surface area (Å²) >= 11 is 0. The van der Waals surface area contributed by atoms with Crippen molar-refractivity contribution >= 4 is 19.5 Å². The minimum atomic E-state index is -3.71. The van der Waals surface area contributed by atoms with E-state index >= 15 is 0 Å². The Kier molecular flexibility index (Phi) is 17.1. The third-order valence-electron chi connectivity index (χ3n) is 5.79. The van der Waals surface area contributed by atoms with Crippen LogP contribution in [0.25, 0.3) is 0 Å². The van der Waals surface area contributed by atoms with Gasteiger partial charge in [-0.25, -0.2) is 0 Å². The van der Waals surface area contributed by atoms with Crippen LogP contribution in [0.1, 0.15) is 50.7 Å². The first-order valence-corrected chi connectivity index (χ1v) is 15.6. The third kappa shape index (κ3) is 14.7. The largest absolute Gasteiger partial charge is 0.461 e. The fourth-order valence-corrected chi connectivity index (χ4v) is 5.63. The molecule has 10 heteroatoms. The highest BCUT2D eigenvalue weighted by molar-refractivity contribution is 7.53. The highest BCUT2D eigenvalue weighted by Crippen LogP contribution is 2.50. The number of rotatable bonds is 22. The number of hydrogen-bond acceptors (Lipinski definition) is 9. The zero-order valence-electron chi connectivity index (χ0n) is 23.7. The molecule has 1 unspecified atom stereocenters. The minimum absolute atomic E-state index is 0.0490. The molecule has 2 aromatic carbocycles. The first-order chi connectivity index (χ1) is 19.5. The van der Waals surface area contributed by atoms with Crippen LogP contribution in [0.3, 0.4) is 0 Å². The van der Waals surface area contributed by atoms with Crippen molar-refractivity contribution in [3.8, 4) is 0 Å². The zero-order valence-corrected chi connectivity index (χ0v) is 24.6. The average Bonchev–Trinajstić information content (AvgIpc) is 2.98. The van der Waals surface area contributed by atoms with Gasteiger partial charge in [0.1, 0.15) is 13.2 Å². The van der Waals surface area contributed by atoms with E-state index in [-0.39, 0.29) is 45.4 Å². The van der Waals surface area contributed by atoms with Crippen LogP contribution in [0.2, 0.25) is 0 Å². The summed E-state index contributed by atoms with van der Waals surface area (Å²) in [6.45, 7) is 6.32. The van der Waals surface area contributed by atoms with Crippen LogP contribution in [0.15, 0.2) is 60.7 Å². The Bertz CT molecular complexity index is 983. The lowest BCUT2D eigenvalue weighted by Gasteiger charge is -2.23. The summed E-state index contributed by atoms with van der Waals surface area (Å²) in [5.74, 6) is -1.93. The van der Waals surface area contributed by atoms with Gasteiger partial charge in [-0.2, -0.15) is 0 Å². The Balaban J connectivity index is 2.05. The molecular weight excluding hydrogens is 535 g/mol. The van der Waals surface area contributed by atoms with Crippen molar-refractivity contribution < 1.29 is 42.1 Å². The zero-order chi connectivity index (χ0) is 28.9. The second-order valence-corrected chi connectivity index (χ2v) is 11.1. The maximum Gasteiger partial charge on any atom is 0.331 e. The number of carbonyl (C=O) groups excluding carboxylic acids is 2. The minimum Gasteiger partial charge on any atom is -0.461 e. The fraction of sp³-hybridized carbons (Fsp3) is 0.533. The molecule has 0 aliphatic heterocycles. The standard InChI is InChI=1S/C30H43O9P/c1-3-34-19-11-21-38-40(33,39-22-12-20-35-4-2)25-28(30(32)37-24-27-15-9-6-10-16-27)17-18-29(31)36-23-26-13-7-5-8-14-26/h5-10,13-16,28H,3-4,11-12,17-25H2,1-2H3. The lowest BCUT2D eigenvalue weighted by atomic mass is 10.1. The van der Waals surface area contributed by atoms with Gasteiger partial charge >= 0.3 is 19.5 Å². The van der Waals surface area contributed by atoms with E-state index in [0.717, 1.165) is 11.1 Å². The molecule has 0 aliphatic rings. The first kappa shape index (κ1) is 33.7. The number of ether oxygens (including phenoxy) is 4. The predicted octanol–water partition coefficient (Wildman–Crippen LogP) is 5.95. The summed E-state index contributed by atoms with van der Waals surface area (Å²) in [6.07, 6.45) is 0.864. The second-order valence-electron chi connectivity index (χ2n) is 9.04. The molecule has 40 heavy (non-hydrogen) atoms. The van der Waals surface area contributed by atoms with Crippen molar-refractivity contribution in [2.24, 2.45) is 5.92 Å². The summed E-state index contributed by atoms with van der Waals surface area (Å²) < 4.78 is 46.8. The topological polar surface area (TPSA) is 107 Å². The summed E-state index contributed by atoms with van der Waals surface area (Å²) in [7, 11) is -3.71. The van der Waals surface area contributed by atoms with E-state index in [1.807, 2.05) is 74.5 Å². The third-order valence-corrected chi connectivity index (χ3v) is 7.83. The molecule has 0 aromatic heterocycles. The Morgan fingerprint density at radius 3 is 1.73 bits per heavy atom. The van der Waals surface area contributed by atoms with Crippen LogP contribution in [0.4, 0.5) is 0 Å². The van der Waals surface area contributed by atoms with Crippen LogP contribution in [-0.4, -0.2) is 57.7 Å². The van der Waals surface area contributed by atoms with Gasteiger partial charge in [0.2, 0.25) is 0 Å². The maximum absolute atomic E-state index is 13.8. The van der Waals surface area contributed by atoms with Crippen LogP contribution in [0.5, 0.6) is 0 Å². The normalized spacial score (nSPS) is 12.2. The molecule has 0 fully saturated rings. The van der Waals surface area contributed by atoms with Gasteiger partial charge in [0.05, 0.1) is 25.3 Å². The van der Waals surface area contributed by atoms with Gasteiger partial charge in [-0.1, -0.05) is 60.7 Å². The van der Waals surface area contributed by atoms with Crippen molar-refractivity contribution in [3.63, 3.8) is 0 Å². The van der Waals surface area contributed by atoms with Crippen LogP contribution < -0.4 is 0 Å². The molecule has 9 nitrogen and oxygen atoms in total. The molecule has 0 amide bonds. The second kappa shape index (κ2) is 20.3. The molecule has 0 bridgehead atoms. The monoisotopic (exact) mass is 578 g/mol. The van der Waals surface area contributed by atoms with Crippen molar-refractivity contribution in [3.05, 3.63) is 71.8 Å². The maximum atomic E-state index is 13.8. The molecular formula is C30H43O9P. The van der Waals surface area contributed by atoms with Gasteiger partial charge in [0.25, 0.3) is 0 Å². The molecule has 2 rings (SSSR count). The number of carbonyl (C=O) groups is 2. The Hall–Kier alpha value is -2.55. The van der Waals surface area contributed by atoms with E-state index in [0.29, 0.717) is 39.3 Å². The van der Waals surface area contributed by atoms with Crippen LogP contribution in [0, 0.1) is 5.92 Å². The molecule has 0 saturated heterocycles. The molecule has 2 aromatic rings. The van der Waals surface area contributed by atoms with Crippen molar-refractivity contribution in [2.45, 2.75) is 52.7 Å². The summed E-state index contributed by atoms with van der Waals surface area (Å²) in [5.41, 5.74) is 1.68. The van der Waals surface area contributed by atoms with E-state index in [2.05, 4.69) is 0 Å². The molecule has 0 radical (unpaired) electrons. The summed E-state index contributed by atoms with van der Waals surface area (Å²) in [5, 5.41) is 0. The van der Waals surface area contributed by atoms with E-state index in [1.54, 1.807) is 0 Å². The Morgan fingerprint density at radius 2 is 1.23 bits per heavy atom. The summed E-state index contributed by atoms with van der Waals surface area (Å²) in [4.78, 5) is 25.7. The molecule has 1 atom stereocenters. The van der Waals surface area contributed by atoms with Crippen molar-refractivity contribution in [1.29, 1.82) is 0 Å². The molecule has 222 valence electrons. The van der Waals surface area contributed by atoms with Crippen LogP contribution in [-0.2, 0) is 55.4 Å². The van der Waals surface area contributed by atoms with E-state index < -0.39 is 25.5 Å². The van der Waals surface area contributed by atoms with Gasteiger partial charge in [-0.3, -0.25) is 14.2 Å². The van der Waals surface area contributed by atoms with E-state index in [4.69, 9.17) is 28.0 Å². The number of hydrogen-bond donors (Lipinski definition) is 0. The molecule has 0 saturated carbocycles. The number of esters is 2. The number of benzene rings is 2. The fourth-order valence-electron chi connectivity index (χ4n) is 3.66. The van der Waals surface area contributed by atoms with Crippen LogP contribution >= 0.6 is 7.60 Å². The van der Waals surface area contributed by atoms with Gasteiger partial charge in [0.15, 0.2) is 0 Å². The van der Waals surface area contributed by atoms with Gasteiger partial charge in [0, 0.05) is 32.8 Å². The molecule has 0 N–H and O–H groups in total. The lowest BCUT2D eigenvalue weighted by molar-refractivity contribution is -0.150.